The highest BCUT2D eigenvalue weighted by Crippen LogP contribution is 2.29. The van der Waals surface area contributed by atoms with Gasteiger partial charge < -0.3 is 5.32 Å². The lowest BCUT2D eigenvalue weighted by atomic mass is 10.2. The minimum Gasteiger partial charge on any atom is -0.324 e. The number of hydrogen-bond acceptors (Lipinski definition) is 6. The predicted molar refractivity (Wildman–Crippen MR) is 118 cm³/mol. The number of nitrogens with zero attached hydrogens (tertiary/aromatic N) is 3. The van der Waals surface area contributed by atoms with Crippen molar-refractivity contribution in [3.05, 3.63) is 80.6 Å². The minimum absolute atomic E-state index is 0.137. The number of carbonyl (C=O) groups is 1. The first kappa shape index (κ1) is 21.5. The van der Waals surface area contributed by atoms with E-state index < -0.39 is 16.1 Å². The van der Waals surface area contributed by atoms with Gasteiger partial charge in [-0.1, -0.05) is 41.6 Å². The molecule has 0 fully saturated rings. The van der Waals surface area contributed by atoms with E-state index in [0.29, 0.717) is 16.1 Å². The number of carbonyl (C=O) groups excluding carboxylic acids is 1. The Morgan fingerprint density at radius 1 is 1.40 bits per heavy atom. The number of halogens is 1. The number of non-ortho nitro benzene ring substituents is 1. The van der Waals surface area contributed by atoms with Gasteiger partial charge in [0.1, 0.15) is 0 Å². The number of rotatable bonds is 7. The van der Waals surface area contributed by atoms with E-state index in [1.54, 1.807) is 37.3 Å². The number of fused-ring (bicyclic) bond motifs is 1. The first-order chi connectivity index (χ1) is 14.3. The molecule has 0 radical (unpaired) electrons. The van der Waals surface area contributed by atoms with Crippen LogP contribution >= 0.6 is 23.4 Å². The van der Waals surface area contributed by atoms with Crippen molar-refractivity contribution in [2.24, 2.45) is 0 Å². The molecule has 1 unspecified atom stereocenters. The van der Waals surface area contributed by atoms with Gasteiger partial charge in [-0.25, -0.2) is 4.98 Å². The zero-order chi connectivity index (χ0) is 21.8. The Morgan fingerprint density at radius 3 is 2.83 bits per heavy atom. The van der Waals surface area contributed by atoms with E-state index in [1.807, 2.05) is 0 Å². The van der Waals surface area contributed by atoms with Gasteiger partial charge in [-0.2, -0.15) is 0 Å². The third-order valence-corrected chi connectivity index (χ3v) is 5.63. The Labute approximate surface area is 180 Å². The van der Waals surface area contributed by atoms with Gasteiger partial charge in [-0.3, -0.25) is 24.3 Å². The summed E-state index contributed by atoms with van der Waals surface area (Å²) < 4.78 is 1.45. The van der Waals surface area contributed by atoms with Crippen LogP contribution in [0, 0.1) is 10.1 Å². The van der Waals surface area contributed by atoms with Crippen LogP contribution in [0.4, 0.5) is 11.4 Å². The van der Waals surface area contributed by atoms with Crippen molar-refractivity contribution in [2.75, 3.05) is 5.32 Å². The maximum absolute atomic E-state index is 12.8. The molecular weight excluding hydrogens is 428 g/mol. The van der Waals surface area contributed by atoms with E-state index in [-0.39, 0.29) is 28.5 Å². The number of para-hydroxylation sites is 1. The molecule has 30 heavy (non-hydrogen) atoms. The molecule has 1 N–H and O–H groups in total. The topological polar surface area (TPSA) is 107 Å². The highest BCUT2D eigenvalue weighted by atomic mass is 35.5. The molecule has 3 rings (SSSR count). The molecule has 0 aliphatic heterocycles. The SMILES string of the molecule is C=CCn1c(SC(C)C(=O)Nc2cc([N+](=O)[O-])ccc2Cl)nc2ccccc2c1=O. The number of nitro benzene ring substituents is 1. The van der Waals surface area contributed by atoms with E-state index in [4.69, 9.17) is 11.6 Å². The fourth-order valence-corrected chi connectivity index (χ4v) is 3.78. The second kappa shape index (κ2) is 9.10. The van der Waals surface area contributed by atoms with Gasteiger partial charge in [0.25, 0.3) is 11.2 Å². The Morgan fingerprint density at radius 2 is 2.13 bits per heavy atom. The van der Waals surface area contributed by atoms with Crippen LogP contribution in [0.25, 0.3) is 10.9 Å². The molecule has 1 heterocycles. The largest absolute Gasteiger partial charge is 0.324 e. The molecule has 10 heteroatoms. The quantitative estimate of drug-likeness (QED) is 0.192. The minimum atomic E-state index is -0.663. The fraction of sp³-hybridized carbons (Fsp3) is 0.150. The van der Waals surface area contributed by atoms with Crippen LogP contribution < -0.4 is 10.9 Å². The number of thioether (sulfide) groups is 1. The first-order valence-electron chi connectivity index (χ1n) is 8.83. The summed E-state index contributed by atoms with van der Waals surface area (Å²) in [6, 6.07) is 10.8. The Kier molecular flexibility index (Phi) is 6.53. The molecule has 1 amide bonds. The van der Waals surface area contributed by atoms with Crippen LogP contribution in [0.2, 0.25) is 5.02 Å². The van der Waals surface area contributed by atoms with Crippen molar-refractivity contribution in [3.63, 3.8) is 0 Å². The number of aromatic nitrogens is 2. The van der Waals surface area contributed by atoms with Crippen LogP contribution in [0.1, 0.15) is 6.92 Å². The molecule has 154 valence electrons. The van der Waals surface area contributed by atoms with Crippen LogP contribution in [0.3, 0.4) is 0 Å². The number of benzene rings is 2. The molecule has 0 aliphatic rings. The molecule has 0 saturated heterocycles. The highest BCUT2D eigenvalue weighted by molar-refractivity contribution is 8.00. The molecule has 3 aromatic rings. The summed E-state index contributed by atoms with van der Waals surface area (Å²) in [4.78, 5) is 40.4. The monoisotopic (exact) mass is 444 g/mol. The van der Waals surface area contributed by atoms with Gasteiger partial charge in [0.05, 0.1) is 31.8 Å². The number of hydrogen-bond donors (Lipinski definition) is 1. The average molecular weight is 445 g/mol. The molecule has 1 atom stereocenters. The van der Waals surface area contributed by atoms with Gasteiger partial charge in [-0.05, 0) is 25.1 Å². The zero-order valence-corrected chi connectivity index (χ0v) is 17.4. The number of nitrogens with one attached hydrogen (secondary N) is 1. The maximum atomic E-state index is 12.8. The number of amides is 1. The lowest BCUT2D eigenvalue weighted by Gasteiger charge is -2.16. The third-order valence-electron chi connectivity index (χ3n) is 4.21. The van der Waals surface area contributed by atoms with Gasteiger partial charge >= 0.3 is 0 Å². The van der Waals surface area contributed by atoms with E-state index in [2.05, 4.69) is 16.9 Å². The maximum Gasteiger partial charge on any atom is 0.271 e. The Balaban J connectivity index is 1.88. The van der Waals surface area contributed by atoms with Crippen molar-refractivity contribution < 1.29 is 9.72 Å². The first-order valence-corrected chi connectivity index (χ1v) is 10.1. The van der Waals surface area contributed by atoms with Crippen LogP contribution in [0.15, 0.2) is 65.1 Å². The zero-order valence-electron chi connectivity index (χ0n) is 15.9. The summed E-state index contributed by atoms with van der Waals surface area (Å²) in [5.41, 5.74) is 0.251. The molecule has 2 aromatic carbocycles. The van der Waals surface area contributed by atoms with Crippen molar-refractivity contribution >= 4 is 51.5 Å². The third kappa shape index (κ3) is 4.52. The van der Waals surface area contributed by atoms with Crippen molar-refractivity contribution in [2.45, 2.75) is 23.9 Å². The summed E-state index contributed by atoms with van der Waals surface area (Å²) in [7, 11) is 0. The number of nitro groups is 1. The standard InChI is InChI=1S/C20H17ClN4O4S/c1-3-10-24-19(27)14-6-4-5-7-16(14)23-20(24)30-12(2)18(26)22-17-11-13(25(28)29)8-9-15(17)21/h3-9,11-12H,1,10H2,2H3,(H,22,26). The molecular formula is C20H17ClN4O4S. The Bertz CT molecular complexity index is 1210. The van der Waals surface area contributed by atoms with Gasteiger partial charge in [0.2, 0.25) is 5.91 Å². The molecule has 1 aromatic heterocycles. The van der Waals surface area contributed by atoms with Crippen molar-refractivity contribution in [1.29, 1.82) is 0 Å². The van der Waals surface area contributed by atoms with Gasteiger partial charge in [0, 0.05) is 18.7 Å². The number of allylic oxidation sites excluding steroid dienone is 1. The molecule has 0 aliphatic carbocycles. The van der Waals surface area contributed by atoms with E-state index >= 15 is 0 Å². The van der Waals surface area contributed by atoms with Crippen LogP contribution in [0.5, 0.6) is 0 Å². The summed E-state index contributed by atoms with van der Waals surface area (Å²) in [5, 5.41) is 13.9. The van der Waals surface area contributed by atoms with E-state index in [1.165, 1.54) is 22.8 Å². The summed E-state index contributed by atoms with van der Waals surface area (Å²) in [6.07, 6.45) is 1.58. The molecule has 0 bridgehead atoms. The van der Waals surface area contributed by atoms with Gasteiger partial charge in [0.15, 0.2) is 5.16 Å². The normalized spacial score (nSPS) is 11.8. The highest BCUT2D eigenvalue weighted by Gasteiger charge is 2.21. The second-order valence-corrected chi connectivity index (χ2v) is 8.00. The van der Waals surface area contributed by atoms with E-state index in [0.717, 1.165) is 11.8 Å². The van der Waals surface area contributed by atoms with Gasteiger partial charge in [-0.15, -0.1) is 6.58 Å². The fourth-order valence-electron chi connectivity index (χ4n) is 2.70. The lowest BCUT2D eigenvalue weighted by molar-refractivity contribution is -0.384. The molecule has 0 spiro atoms. The summed E-state index contributed by atoms with van der Waals surface area (Å²) in [5.74, 6) is -0.435. The molecule has 0 saturated carbocycles. The smallest absolute Gasteiger partial charge is 0.271 e. The van der Waals surface area contributed by atoms with Crippen molar-refractivity contribution in [1.82, 2.24) is 9.55 Å². The number of anilines is 1. The average Bonchev–Trinajstić information content (AvgIpc) is 2.72. The van der Waals surface area contributed by atoms with E-state index in [9.17, 15) is 19.7 Å². The van der Waals surface area contributed by atoms with Crippen LogP contribution in [-0.4, -0.2) is 25.6 Å². The van der Waals surface area contributed by atoms with Crippen molar-refractivity contribution in [3.8, 4) is 0 Å². The summed E-state index contributed by atoms with van der Waals surface area (Å²) in [6.45, 7) is 5.56. The predicted octanol–water partition coefficient (Wildman–Crippen LogP) is 4.26. The molecule has 8 nitrogen and oxygen atoms in total. The second-order valence-electron chi connectivity index (χ2n) is 6.29. The Hall–Kier alpha value is -3.17. The lowest BCUT2D eigenvalue weighted by Crippen LogP contribution is -2.27. The van der Waals surface area contributed by atoms with Crippen LogP contribution in [-0.2, 0) is 11.3 Å². The summed E-state index contributed by atoms with van der Waals surface area (Å²) >= 11 is 7.15.